The Kier molecular flexibility index (Phi) is 5.70. The second-order valence-corrected chi connectivity index (χ2v) is 11.6. The molecule has 1 aliphatic heterocycles. The Morgan fingerprint density at radius 1 is 0.938 bits per heavy atom. The van der Waals surface area contributed by atoms with E-state index in [0.717, 1.165) is 44.0 Å². The predicted octanol–water partition coefficient (Wildman–Crippen LogP) is 5.21. The summed E-state index contributed by atoms with van der Waals surface area (Å²) in [6, 6.07) is 15.2. The quantitative estimate of drug-likeness (QED) is 0.699. The molecule has 0 bridgehead atoms. The second-order valence-electron chi connectivity index (χ2n) is 11.6. The van der Waals surface area contributed by atoms with E-state index in [1.54, 1.807) is 0 Å². The van der Waals surface area contributed by atoms with Crippen molar-refractivity contribution in [2.24, 2.45) is 10.8 Å². The lowest BCUT2D eigenvalue weighted by atomic mass is 9.39. The van der Waals surface area contributed by atoms with Crippen LogP contribution in [0.25, 0.3) is 0 Å². The van der Waals surface area contributed by atoms with Gasteiger partial charge in [-0.05, 0) is 35.1 Å². The van der Waals surface area contributed by atoms with E-state index < -0.39 is 5.60 Å². The molecular formula is C28H41N3O. The molecule has 1 aromatic carbocycles. The Morgan fingerprint density at radius 2 is 1.53 bits per heavy atom. The summed E-state index contributed by atoms with van der Waals surface area (Å²) in [5.74, 6) is 1.06. The van der Waals surface area contributed by atoms with Crippen LogP contribution < -0.4 is 4.90 Å². The standard InChI is InChI=1S/C28H41N3O/c1-8-25(2,3)21-12-14-22(15-13-21)28(32)26(4,5)24(27(28,6)7)31-19-17-30(18-20-31)23-11-9-10-16-29-23/h9-16,24,32H,8,17-20H2,1-7H3. The van der Waals surface area contributed by atoms with Crippen molar-refractivity contribution in [3.63, 3.8) is 0 Å². The maximum Gasteiger partial charge on any atom is 0.128 e. The highest BCUT2D eigenvalue weighted by Crippen LogP contribution is 2.68. The van der Waals surface area contributed by atoms with Crippen LogP contribution in [-0.4, -0.2) is 47.2 Å². The number of piperazine rings is 1. The van der Waals surface area contributed by atoms with Crippen molar-refractivity contribution >= 4 is 5.82 Å². The first kappa shape index (κ1) is 23.3. The van der Waals surface area contributed by atoms with Crippen molar-refractivity contribution in [3.05, 3.63) is 59.8 Å². The Balaban J connectivity index is 1.54. The first-order chi connectivity index (χ1) is 15.0. The van der Waals surface area contributed by atoms with Gasteiger partial charge >= 0.3 is 0 Å². The molecule has 32 heavy (non-hydrogen) atoms. The van der Waals surface area contributed by atoms with Crippen LogP contribution >= 0.6 is 0 Å². The number of aliphatic hydroxyl groups is 1. The molecular weight excluding hydrogens is 394 g/mol. The number of aromatic nitrogens is 1. The maximum absolute atomic E-state index is 12.2. The van der Waals surface area contributed by atoms with E-state index in [2.05, 4.69) is 99.6 Å². The minimum Gasteiger partial charge on any atom is -0.384 e. The molecule has 2 heterocycles. The molecule has 0 spiro atoms. The minimum absolute atomic E-state index is 0.154. The number of rotatable bonds is 5. The van der Waals surface area contributed by atoms with E-state index in [1.165, 1.54) is 5.56 Å². The zero-order valence-corrected chi connectivity index (χ0v) is 21.0. The lowest BCUT2D eigenvalue weighted by Gasteiger charge is -2.72. The summed E-state index contributed by atoms with van der Waals surface area (Å²) in [6.07, 6.45) is 2.97. The van der Waals surface area contributed by atoms with E-state index in [1.807, 2.05) is 12.3 Å². The number of anilines is 1. The summed E-state index contributed by atoms with van der Waals surface area (Å²) < 4.78 is 0. The fourth-order valence-electron chi connectivity index (χ4n) is 6.82. The third-order valence-electron chi connectivity index (χ3n) is 8.85. The van der Waals surface area contributed by atoms with Crippen molar-refractivity contribution in [1.29, 1.82) is 0 Å². The molecule has 2 aliphatic rings. The van der Waals surface area contributed by atoms with E-state index in [9.17, 15) is 5.11 Å². The first-order valence-corrected chi connectivity index (χ1v) is 12.2. The van der Waals surface area contributed by atoms with Crippen molar-refractivity contribution in [2.45, 2.75) is 71.9 Å². The molecule has 4 heteroatoms. The number of benzene rings is 1. The van der Waals surface area contributed by atoms with E-state index >= 15 is 0 Å². The molecule has 1 N–H and O–H groups in total. The zero-order valence-electron chi connectivity index (χ0n) is 21.0. The lowest BCUT2D eigenvalue weighted by Crippen LogP contribution is -2.79. The lowest BCUT2D eigenvalue weighted by molar-refractivity contribution is -0.307. The van der Waals surface area contributed by atoms with E-state index in [-0.39, 0.29) is 16.2 Å². The van der Waals surface area contributed by atoms with Crippen LogP contribution in [0.3, 0.4) is 0 Å². The zero-order chi connectivity index (χ0) is 23.4. The van der Waals surface area contributed by atoms with Gasteiger partial charge in [0.05, 0.1) is 0 Å². The summed E-state index contributed by atoms with van der Waals surface area (Å²) in [7, 11) is 0. The Morgan fingerprint density at radius 3 is 2.03 bits per heavy atom. The Hall–Kier alpha value is -1.91. The molecule has 174 valence electrons. The van der Waals surface area contributed by atoms with Gasteiger partial charge in [0.2, 0.25) is 0 Å². The Labute approximate surface area is 194 Å². The maximum atomic E-state index is 12.2. The van der Waals surface area contributed by atoms with Gasteiger partial charge in [-0.3, -0.25) is 4.90 Å². The van der Waals surface area contributed by atoms with Crippen molar-refractivity contribution < 1.29 is 5.11 Å². The average Bonchev–Trinajstić information content (AvgIpc) is 2.79. The molecule has 1 aromatic heterocycles. The molecule has 1 saturated heterocycles. The monoisotopic (exact) mass is 435 g/mol. The van der Waals surface area contributed by atoms with Crippen LogP contribution in [0.2, 0.25) is 0 Å². The van der Waals surface area contributed by atoms with E-state index in [0.29, 0.717) is 6.04 Å². The van der Waals surface area contributed by atoms with Crippen LogP contribution in [-0.2, 0) is 11.0 Å². The summed E-state index contributed by atoms with van der Waals surface area (Å²) in [5.41, 5.74) is 1.19. The number of nitrogens with zero attached hydrogens (tertiary/aromatic N) is 3. The van der Waals surface area contributed by atoms with Gasteiger partial charge in [0, 0.05) is 49.2 Å². The van der Waals surface area contributed by atoms with Crippen LogP contribution in [0.5, 0.6) is 0 Å². The second kappa shape index (κ2) is 7.85. The summed E-state index contributed by atoms with van der Waals surface area (Å²) >= 11 is 0. The normalized spacial score (nSPS) is 27.8. The topological polar surface area (TPSA) is 39.6 Å². The molecule has 4 nitrogen and oxygen atoms in total. The third-order valence-corrected chi connectivity index (χ3v) is 8.85. The number of hydrogen-bond donors (Lipinski definition) is 1. The molecule has 2 aromatic rings. The van der Waals surface area contributed by atoms with Gasteiger partial charge in [-0.15, -0.1) is 0 Å². The van der Waals surface area contributed by atoms with Crippen molar-refractivity contribution in [3.8, 4) is 0 Å². The highest BCUT2D eigenvalue weighted by atomic mass is 16.3. The van der Waals surface area contributed by atoms with Crippen molar-refractivity contribution in [2.75, 3.05) is 31.1 Å². The third kappa shape index (κ3) is 3.30. The molecule has 2 fully saturated rings. The summed E-state index contributed by atoms with van der Waals surface area (Å²) in [4.78, 5) is 9.49. The van der Waals surface area contributed by atoms with E-state index in [4.69, 9.17) is 0 Å². The Bertz CT molecular complexity index is 909. The first-order valence-electron chi connectivity index (χ1n) is 12.2. The molecule has 0 atom stereocenters. The number of pyridine rings is 1. The van der Waals surface area contributed by atoms with Gasteiger partial charge in [-0.25, -0.2) is 4.98 Å². The minimum atomic E-state index is -0.863. The predicted molar refractivity (Wildman–Crippen MR) is 133 cm³/mol. The molecule has 0 unspecified atom stereocenters. The van der Waals surface area contributed by atoms with Gasteiger partial charge in [0.25, 0.3) is 0 Å². The molecule has 4 rings (SSSR count). The van der Waals surface area contributed by atoms with Crippen LogP contribution in [0, 0.1) is 10.8 Å². The largest absolute Gasteiger partial charge is 0.384 e. The van der Waals surface area contributed by atoms with Gasteiger partial charge in [-0.1, -0.05) is 78.8 Å². The van der Waals surface area contributed by atoms with Crippen LogP contribution in [0.1, 0.15) is 66.0 Å². The van der Waals surface area contributed by atoms with Gasteiger partial charge in [0.1, 0.15) is 11.4 Å². The van der Waals surface area contributed by atoms with Gasteiger partial charge in [-0.2, -0.15) is 0 Å². The van der Waals surface area contributed by atoms with Gasteiger partial charge < -0.3 is 10.0 Å². The molecule has 0 radical (unpaired) electrons. The summed E-state index contributed by atoms with van der Waals surface area (Å²) in [5, 5.41) is 12.2. The summed E-state index contributed by atoms with van der Waals surface area (Å²) in [6.45, 7) is 19.7. The molecule has 1 aliphatic carbocycles. The average molecular weight is 436 g/mol. The van der Waals surface area contributed by atoms with Gasteiger partial charge in [0.15, 0.2) is 0 Å². The number of hydrogen-bond acceptors (Lipinski definition) is 4. The molecule has 0 amide bonds. The van der Waals surface area contributed by atoms with Crippen LogP contribution in [0.15, 0.2) is 48.7 Å². The SMILES string of the molecule is CCC(C)(C)c1ccc(C2(O)C(C)(C)C(N3CCN(c4ccccn4)CC3)C2(C)C)cc1. The smallest absolute Gasteiger partial charge is 0.128 e. The fraction of sp³-hybridized carbons (Fsp3) is 0.607. The van der Waals surface area contributed by atoms with Crippen LogP contribution in [0.4, 0.5) is 5.82 Å². The molecule has 1 saturated carbocycles. The highest BCUT2D eigenvalue weighted by molar-refractivity contribution is 5.41. The fourth-order valence-corrected chi connectivity index (χ4v) is 6.82. The van der Waals surface area contributed by atoms with Crippen molar-refractivity contribution in [1.82, 2.24) is 9.88 Å². The highest BCUT2D eigenvalue weighted by Gasteiger charge is 2.73.